The molecule has 0 saturated carbocycles. The topological polar surface area (TPSA) is 39.1 Å². The second kappa shape index (κ2) is 3.17. The highest BCUT2D eigenvalue weighted by Gasteiger charge is 2.09. The van der Waals surface area contributed by atoms with Crippen LogP contribution in [-0.2, 0) is 0 Å². The molecule has 52 valence electrons. The predicted octanol–water partition coefficient (Wildman–Crippen LogP) is 0.221. The van der Waals surface area contributed by atoms with Gasteiger partial charge in [-0.2, -0.15) is 0 Å². The number of hydrogen-bond acceptors (Lipinski definition) is 2. The summed E-state index contributed by atoms with van der Waals surface area (Å²) < 4.78 is 0.504. The van der Waals surface area contributed by atoms with E-state index in [-0.39, 0.29) is 0 Å². The van der Waals surface area contributed by atoms with Gasteiger partial charge in [-0.05, 0) is 15.9 Å². The Labute approximate surface area is 63.1 Å². The van der Waals surface area contributed by atoms with Crippen molar-refractivity contribution in [3.05, 3.63) is 0 Å². The summed E-state index contributed by atoms with van der Waals surface area (Å²) in [7, 11) is 0. The Morgan fingerprint density at radius 1 is 1.44 bits per heavy atom. The van der Waals surface area contributed by atoms with Crippen LogP contribution in [0.4, 0.5) is 0 Å². The number of piperazine rings is 1. The van der Waals surface area contributed by atoms with Crippen molar-refractivity contribution in [3.8, 4) is 0 Å². The maximum Gasteiger partial charge on any atom is 0.165 e. The second-order valence-corrected chi connectivity index (χ2v) is 2.78. The Hall–Kier alpha value is -0.0900. The molecule has 0 aromatic carbocycles. The van der Waals surface area contributed by atoms with E-state index in [0.717, 1.165) is 26.2 Å². The molecular weight excluding hydrogens is 182 g/mol. The van der Waals surface area contributed by atoms with Crippen LogP contribution in [0.15, 0.2) is 0 Å². The van der Waals surface area contributed by atoms with Crippen LogP contribution >= 0.6 is 15.9 Å². The Morgan fingerprint density at radius 3 is 2.33 bits per heavy atom. The van der Waals surface area contributed by atoms with Gasteiger partial charge in [0.1, 0.15) is 0 Å². The zero-order valence-electron chi connectivity index (χ0n) is 5.15. The zero-order chi connectivity index (χ0) is 6.69. The molecule has 0 aliphatic carbocycles. The van der Waals surface area contributed by atoms with Crippen molar-refractivity contribution < 1.29 is 0 Å². The second-order valence-electron chi connectivity index (χ2n) is 2.03. The van der Waals surface area contributed by atoms with E-state index < -0.39 is 0 Å². The van der Waals surface area contributed by atoms with Gasteiger partial charge < -0.3 is 10.2 Å². The van der Waals surface area contributed by atoms with E-state index in [1.807, 2.05) is 4.90 Å². The molecule has 0 bridgehead atoms. The summed E-state index contributed by atoms with van der Waals surface area (Å²) in [6.07, 6.45) is 0. The van der Waals surface area contributed by atoms with Crippen LogP contribution in [0.5, 0.6) is 0 Å². The van der Waals surface area contributed by atoms with Crippen LogP contribution in [0.3, 0.4) is 0 Å². The lowest BCUT2D eigenvalue weighted by Crippen LogP contribution is -2.44. The van der Waals surface area contributed by atoms with Gasteiger partial charge in [0.15, 0.2) is 4.74 Å². The molecule has 0 amide bonds. The van der Waals surface area contributed by atoms with Gasteiger partial charge in [-0.15, -0.1) is 0 Å². The fourth-order valence-corrected chi connectivity index (χ4v) is 1.22. The fraction of sp³-hybridized carbons (Fsp3) is 0.800. The van der Waals surface area contributed by atoms with Crippen molar-refractivity contribution >= 4 is 20.7 Å². The minimum absolute atomic E-state index is 0.504. The summed E-state index contributed by atoms with van der Waals surface area (Å²) in [5.74, 6) is 0. The molecule has 0 radical (unpaired) electrons. The van der Waals surface area contributed by atoms with Crippen molar-refractivity contribution in [3.63, 3.8) is 0 Å². The molecule has 1 saturated heterocycles. The first-order valence-corrected chi connectivity index (χ1v) is 3.80. The minimum atomic E-state index is 0.504. The first-order chi connectivity index (χ1) is 4.30. The van der Waals surface area contributed by atoms with Crippen LogP contribution in [-0.4, -0.2) is 35.8 Å². The number of halogens is 1. The standard InChI is InChI=1S/C5H10BrN3/c6-5(7)9-3-1-8-2-4-9/h7-8H,1-4H2. The van der Waals surface area contributed by atoms with Gasteiger partial charge in [0.2, 0.25) is 0 Å². The van der Waals surface area contributed by atoms with Crippen molar-refractivity contribution in [2.45, 2.75) is 0 Å². The molecular formula is C5H10BrN3. The highest BCUT2D eigenvalue weighted by atomic mass is 79.9. The minimum Gasteiger partial charge on any atom is -0.349 e. The molecule has 1 aliphatic rings. The number of rotatable bonds is 0. The highest BCUT2D eigenvalue weighted by Crippen LogP contribution is 1.97. The number of hydrogen-bond donors (Lipinski definition) is 2. The first kappa shape index (κ1) is 7.02. The SMILES string of the molecule is N=C(Br)N1CCNCC1. The third-order valence-corrected chi connectivity index (χ3v) is 1.90. The molecule has 0 spiro atoms. The molecule has 1 aliphatic heterocycles. The van der Waals surface area contributed by atoms with Crippen LogP contribution in [0.25, 0.3) is 0 Å². The third kappa shape index (κ3) is 1.95. The van der Waals surface area contributed by atoms with E-state index in [1.165, 1.54) is 0 Å². The van der Waals surface area contributed by atoms with Gasteiger partial charge in [-0.3, -0.25) is 5.41 Å². The molecule has 1 heterocycles. The molecule has 2 N–H and O–H groups in total. The van der Waals surface area contributed by atoms with Gasteiger partial charge in [-0.25, -0.2) is 0 Å². The molecule has 9 heavy (non-hydrogen) atoms. The third-order valence-electron chi connectivity index (χ3n) is 1.39. The highest BCUT2D eigenvalue weighted by molar-refractivity contribution is 9.18. The molecule has 0 atom stereocenters. The normalized spacial score (nSPS) is 19.9. The molecule has 0 unspecified atom stereocenters. The van der Waals surface area contributed by atoms with E-state index >= 15 is 0 Å². The summed E-state index contributed by atoms with van der Waals surface area (Å²) in [6.45, 7) is 3.89. The van der Waals surface area contributed by atoms with E-state index in [1.54, 1.807) is 0 Å². The van der Waals surface area contributed by atoms with Gasteiger partial charge in [0, 0.05) is 26.2 Å². The number of nitrogens with zero attached hydrogens (tertiary/aromatic N) is 1. The molecule has 1 rings (SSSR count). The quantitative estimate of drug-likeness (QED) is 0.327. The van der Waals surface area contributed by atoms with Crippen LogP contribution in [0, 0.1) is 5.41 Å². The summed E-state index contributed by atoms with van der Waals surface area (Å²) in [6, 6.07) is 0. The van der Waals surface area contributed by atoms with Crippen molar-refractivity contribution in [1.29, 1.82) is 5.41 Å². The lowest BCUT2D eigenvalue weighted by atomic mass is 10.4. The zero-order valence-corrected chi connectivity index (χ0v) is 6.74. The van der Waals surface area contributed by atoms with Gasteiger partial charge >= 0.3 is 0 Å². The van der Waals surface area contributed by atoms with Gasteiger partial charge in [-0.1, -0.05) is 0 Å². The van der Waals surface area contributed by atoms with Crippen LogP contribution in [0.2, 0.25) is 0 Å². The molecule has 3 nitrogen and oxygen atoms in total. The molecule has 0 aromatic rings. The number of nitrogens with one attached hydrogen (secondary N) is 2. The maximum atomic E-state index is 7.20. The van der Waals surface area contributed by atoms with Gasteiger partial charge in [0.05, 0.1) is 0 Å². The Bertz CT molecular complexity index is 109. The van der Waals surface area contributed by atoms with Gasteiger partial charge in [0.25, 0.3) is 0 Å². The fourth-order valence-electron chi connectivity index (χ4n) is 0.861. The summed E-state index contributed by atoms with van der Waals surface area (Å²) in [5.41, 5.74) is 0. The Balaban J connectivity index is 2.31. The summed E-state index contributed by atoms with van der Waals surface area (Å²) >= 11 is 3.12. The van der Waals surface area contributed by atoms with E-state index in [2.05, 4.69) is 21.2 Å². The summed E-state index contributed by atoms with van der Waals surface area (Å²) in [5, 5.41) is 10.4. The predicted molar refractivity (Wildman–Crippen MR) is 41.1 cm³/mol. The van der Waals surface area contributed by atoms with Crippen molar-refractivity contribution in [2.24, 2.45) is 0 Å². The lowest BCUT2D eigenvalue weighted by molar-refractivity contribution is 0.362. The largest absolute Gasteiger partial charge is 0.349 e. The maximum absolute atomic E-state index is 7.20. The van der Waals surface area contributed by atoms with Crippen LogP contribution < -0.4 is 5.32 Å². The monoisotopic (exact) mass is 191 g/mol. The average Bonchev–Trinajstić information content (AvgIpc) is 1.90. The number of amidine groups is 1. The van der Waals surface area contributed by atoms with Crippen molar-refractivity contribution in [2.75, 3.05) is 26.2 Å². The van der Waals surface area contributed by atoms with E-state index in [4.69, 9.17) is 5.41 Å². The Morgan fingerprint density at radius 2 is 2.00 bits per heavy atom. The van der Waals surface area contributed by atoms with E-state index in [9.17, 15) is 0 Å². The molecule has 4 heteroatoms. The smallest absolute Gasteiger partial charge is 0.165 e. The van der Waals surface area contributed by atoms with Crippen LogP contribution in [0.1, 0.15) is 0 Å². The first-order valence-electron chi connectivity index (χ1n) is 3.00. The van der Waals surface area contributed by atoms with E-state index in [0.29, 0.717) is 4.74 Å². The van der Waals surface area contributed by atoms with Crippen molar-refractivity contribution in [1.82, 2.24) is 10.2 Å². The lowest BCUT2D eigenvalue weighted by Gasteiger charge is -2.26. The molecule has 0 aromatic heterocycles. The average molecular weight is 192 g/mol. The molecule has 1 fully saturated rings. The summed E-state index contributed by atoms with van der Waals surface area (Å²) in [4.78, 5) is 2.00. The Kier molecular flexibility index (Phi) is 2.48.